The molecule has 0 bridgehead atoms. The number of aromatic nitrogens is 3. The molecule has 0 spiro atoms. The number of halogens is 5. The summed E-state index contributed by atoms with van der Waals surface area (Å²) in [6, 6.07) is 11.1. The lowest BCUT2D eigenvalue weighted by atomic mass is 9.70. The van der Waals surface area contributed by atoms with Crippen LogP contribution in [-0.4, -0.2) is 38.2 Å². The summed E-state index contributed by atoms with van der Waals surface area (Å²) < 4.78 is 68.6. The fourth-order valence-electron chi connectivity index (χ4n) is 5.50. The first-order chi connectivity index (χ1) is 17.1. The Morgan fingerprint density at radius 3 is 2.53 bits per heavy atom. The van der Waals surface area contributed by atoms with E-state index in [1.807, 2.05) is 30.3 Å². The molecule has 6 nitrogen and oxygen atoms in total. The van der Waals surface area contributed by atoms with Gasteiger partial charge in [-0.15, -0.1) is 10.2 Å². The molecule has 0 saturated carbocycles. The highest BCUT2D eigenvalue weighted by Gasteiger charge is 2.46. The predicted molar refractivity (Wildman–Crippen MR) is 120 cm³/mol. The molecule has 2 N–H and O–H groups in total. The summed E-state index contributed by atoms with van der Waals surface area (Å²) in [5, 5.41) is 6.86. The van der Waals surface area contributed by atoms with Gasteiger partial charge in [0.05, 0.1) is 6.54 Å². The van der Waals surface area contributed by atoms with Crippen LogP contribution in [0.5, 0.6) is 0 Å². The number of nitrogens with two attached hydrogens (primary N) is 1. The van der Waals surface area contributed by atoms with Crippen molar-refractivity contribution in [2.24, 2.45) is 5.73 Å². The van der Waals surface area contributed by atoms with Gasteiger partial charge < -0.3 is 15.2 Å². The van der Waals surface area contributed by atoms with Gasteiger partial charge in [0.2, 0.25) is 11.7 Å². The van der Waals surface area contributed by atoms with Gasteiger partial charge in [-0.05, 0) is 48.1 Å². The van der Waals surface area contributed by atoms with Crippen molar-refractivity contribution in [3.63, 3.8) is 0 Å². The summed E-state index contributed by atoms with van der Waals surface area (Å²) in [7, 11) is 0. The standard InChI is InChI=1S/C25H24F5N5O/c26-18-10-16-6-7-24(17(16)11-19(18)27,13-15-4-2-1-3-5-15)20(31)12-22(36)34-8-9-35-21(14-34)32-33-23(35)25(28,29)30/h1-5,10-11,20H,6-9,12-14,31H2. The molecule has 36 heavy (non-hydrogen) atoms. The van der Waals surface area contributed by atoms with Crippen LogP contribution in [0.2, 0.25) is 0 Å². The van der Waals surface area contributed by atoms with E-state index in [0.717, 1.165) is 10.1 Å². The van der Waals surface area contributed by atoms with E-state index in [2.05, 4.69) is 10.2 Å². The van der Waals surface area contributed by atoms with E-state index in [0.29, 0.717) is 30.4 Å². The SMILES string of the molecule is NC(CC(=O)N1CCn2c(nnc2C(F)(F)F)C1)C1(Cc2ccccc2)CCc2cc(F)c(F)cc21. The zero-order valence-corrected chi connectivity index (χ0v) is 19.2. The van der Waals surface area contributed by atoms with E-state index < -0.39 is 35.1 Å². The number of hydrogen-bond donors (Lipinski definition) is 1. The van der Waals surface area contributed by atoms with Gasteiger partial charge in [-0.1, -0.05) is 30.3 Å². The second kappa shape index (κ2) is 8.95. The summed E-state index contributed by atoms with van der Waals surface area (Å²) in [5.74, 6) is -3.26. The molecule has 0 fully saturated rings. The first-order valence-electron chi connectivity index (χ1n) is 11.6. The lowest BCUT2D eigenvalue weighted by Gasteiger charge is -2.38. The number of amides is 1. The highest BCUT2D eigenvalue weighted by atomic mass is 19.4. The van der Waals surface area contributed by atoms with Gasteiger partial charge in [0.1, 0.15) is 0 Å². The summed E-state index contributed by atoms with van der Waals surface area (Å²) in [4.78, 5) is 14.7. The molecule has 1 aromatic heterocycles. The zero-order valence-electron chi connectivity index (χ0n) is 19.2. The maximum Gasteiger partial charge on any atom is 0.451 e. The second-order valence-corrected chi connectivity index (χ2v) is 9.46. The molecule has 1 aliphatic carbocycles. The third kappa shape index (κ3) is 4.25. The first kappa shape index (κ1) is 24.4. The average molecular weight is 505 g/mol. The van der Waals surface area contributed by atoms with Crippen LogP contribution in [0, 0.1) is 11.6 Å². The fourth-order valence-corrected chi connectivity index (χ4v) is 5.50. The van der Waals surface area contributed by atoms with Crippen LogP contribution < -0.4 is 5.73 Å². The molecule has 2 aliphatic rings. The van der Waals surface area contributed by atoms with Crippen LogP contribution in [0.1, 0.15) is 41.2 Å². The maximum atomic E-state index is 14.3. The number of carbonyl (C=O) groups excluding carboxylic acids is 1. The number of rotatable bonds is 5. The van der Waals surface area contributed by atoms with E-state index in [9.17, 15) is 26.7 Å². The van der Waals surface area contributed by atoms with Crippen molar-refractivity contribution < 1.29 is 26.7 Å². The molecule has 2 unspecified atom stereocenters. The lowest BCUT2D eigenvalue weighted by Crippen LogP contribution is -2.50. The van der Waals surface area contributed by atoms with Crippen molar-refractivity contribution in [2.45, 2.75) is 56.4 Å². The first-order valence-corrected chi connectivity index (χ1v) is 11.6. The van der Waals surface area contributed by atoms with Crippen LogP contribution in [0.25, 0.3) is 0 Å². The molecule has 0 saturated heterocycles. The number of carbonyl (C=O) groups is 1. The van der Waals surface area contributed by atoms with Crippen molar-refractivity contribution in [3.8, 4) is 0 Å². The summed E-state index contributed by atoms with van der Waals surface area (Å²) >= 11 is 0. The van der Waals surface area contributed by atoms with Gasteiger partial charge in [-0.25, -0.2) is 8.78 Å². The molecule has 0 radical (unpaired) electrons. The van der Waals surface area contributed by atoms with Crippen LogP contribution in [0.15, 0.2) is 42.5 Å². The Hall–Kier alpha value is -3.34. The highest BCUT2D eigenvalue weighted by molar-refractivity contribution is 5.77. The highest BCUT2D eigenvalue weighted by Crippen LogP contribution is 2.45. The van der Waals surface area contributed by atoms with E-state index in [1.54, 1.807) is 0 Å². The third-order valence-corrected chi connectivity index (χ3v) is 7.35. The van der Waals surface area contributed by atoms with Crippen molar-refractivity contribution in [2.75, 3.05) is 6.54 Å². The van der Waals surface area contributed by atoms with E-state index in [1.165, 1.54) is 17.0 Å². The Kier molecular flexibility index (Phi) is 6.06. The Bertz CT molecular complexity index is 1290. The van der Waals surface area contributed by atoms with Gasteiger partial charge >= 0.3 is 6.18 Å². The summed E-state index contributed by atoms with van der Waals surface area (Å²) in [6.07, 6.45) is -3.30. The molecule has 1 amide bonds. The van der Waals surface area contributed by atoms with E-state index >= 15 is 0 Å². The second-order valence-electron chi connectivity index (χ2n) is 9.46. The number of nitrogens with zero attached hydrogens (tertiary/aromatic N) is 4. The summed E-state index contributed by atoms with van der Waals surface area (Å²) in [5.41, 5.74) is 8.09. The molecule has 3 aromatic rings. The normalized spacial score (nSPS) is 20.2. The minimum Gasteiger partial charge on any atom is -0.333 e. The molecule has 190 valence electrons. The monoisotopic (exact) mass is 505 g/mol. The molecule has 11 heteroatoms. The molecule has 2 heterocycles. The maximum absolute atomic E-state index is 14.3. The molecule has 2 atom stereocenters. The van der Waals surface area contributed by atoms with Crippen LogP contribution in [0.3, 0.4) is 0 Å². The van der Waals surface area contributed by atoms with Crippen molar-refractivity contribution >= 4 is 5.91 Å². The molecule has 2 aromatic carbocycles. The number of aryl methyl sites for hydroxylation is 1. The number of hydrogen-bond acceptors (Lipinski definition) is 4. The molecular weight excluding hydrogens is 481 g/mol. The molecule has 5 rings (SSSR count). The zero-order chi connectivity index (χ0) is 25.7. The number of benzene rings is 2. The van der Waals surface area contributed by atoms with Gasteiger partial charge in [-0.3, -0.25) is 4.79 Å². The average Bonchev–Trinajstić information content (AvgIpc) is 3.42. The van der Waals surface area contributed by atoms with E-state index in [-0.39, 0.29) is 37.8 Å². The lowest BCUT2D eigenvalue weighted by molar-refractivity contribution is -0.148. The Morgan fingerprint density at radius 2 is 1.81 bits per heavy atom. The minimum absolute atomic E-state index is 0.0539. The van der Waals surface area contributed by atoms with Crippen LogP contribution in [0.4, 0.5) is 22.0 Å². The minimum atomic E-state index is -4.63. The summed E-state index contributed by atoms with van der Waals surface area (Å²) in [6.45, 7) is -0.140. The number of fused-ring (bicyclic) bond motifs is 2. The Labute approximate surface area is 203 Å². The van der Waals surface area contributed by atoms with Crippen LogP contribution in [-0.2, 0) is 42.3 Å². The Balaban J connectivity index is 1.40. The molecular formula is C25H24F5N5O. The van der Waals surface area contributed by atoms with Crippen molar-refractivity contribution in [1.82, 2.24) is 19.7 Å². The van der Waals surface area contributed by atoms with Crippen molar-refractivity contribution in [3.05, 3.63) is 82.4 Å². The fraction of sp³-hybridized carbons (Fsp3) is 0.400. The van der Waals surface area contributed by atoms with Crippen molar-refractivity contribution in [1.29, 1.82) is 0 Å². The quantitative estimate of drug-likeness (QED) is 0.536. The topological polar surface area (TPSA) is 77.0 Å². The van der Waals surface area contributed by atoms with Gasteiger partial charge in [-0.2, -0.15) is 13.2 Å². The van der Waals surface area contributed by atoms with Gasteiger partial charge in [0.15, 0.2) is 17.5 Å². The third-order valence-electron chi connectivity index (χ3n) is 7.35. The van der Waals surface area contributed by atoms with Gasteiger partial charge in [0.25, 0.3) is 0 Å². The van der Waals surface area contributed by atoms with Crippen LogP contribution >= 0.6 is 0 Å². The number of alkyl halides is 3. The smallest absolute Gasteiger partial charge is 0.333 e. The predicted octanol–water partition coefficient (Wildman–Crippen LogP) is 3.76. The molecule has 1 aliphatic heterocycles. The largest absolute Gasteiger partial charge is 0.451 e. The Morgan fingerprint density at radius 1 is 1.08 bits per heavy atom. The van der Waals surface area contributed by atoms with E-state index in [4.69, 9.17) is 5.73 Å². The van der Waals surface area contributed by atoms with Gasteiger partial charge in [0, 0.05) is 31.0 Å².